The van der Waals surface area contributed by atoms with Crippen molar-refractivity contribution in [3.05, 3.63) is 65.4 Å². The van der Waals surface area contributed by atoms with Gasteiger partial charge in [-0.05, 0) is 31.5 Å². The predicted octanol–water partition coefficient (Wildman–Crippen LogP) is 5.23. The number of rotatable bonds is 9. The molecule has 1 aromatic heterocycles. The van der Waals surface area contributed by atoms with Gasteiger partial charge in [0.15, 0.2) is 5.69 Å². The molecular weight excluding hydrogens is 470 g/mol. The maximum absolute atomic E-state index is 13.7. The SMILES string of the molecule is CCOC(=O)c1[nH]c(C(C)C(F)(F)F)nc1-c1ccc(CN(C=O)c2cc(F)ccc2OC)cc1. The van der Waals surface area contributed by atoms with Gasteiger partial charge in [0.1, 0.15) is 29.0 Å². The molecule has 0 fully saturated rings. The third-order valence-electron chi connectivity index (χ3n) is 5.26. The molecule has 0 aliphatic rings. The molecule has 35 heavy (non-hydrogen) atoms. The number of amides is 1. The standard InChI is InChI=1S/C24H23F4N3O4/c1-4-35-23(33)21-20(29-22(30-21)14(2)24(26,27)28)16-7-5-15(6-8-16)12-31(13-32)18-11-17(25)9-10-19(18)34-3/h5-11,13-14H,4,12H2,1-3H3,(H,29,30). The Hall–Kier alpha value is -3.89. The number of esters is 1. The van der Waals surface area contributed by atoms with E-state index in [1.54, 1.807) is 31.2 Å². The topological polar surface area (TPSA) is 84.5 Å². The Morgan fingerprint density at radius 1 is 1.20 bits per heavy atom. The van der Waals surface area contributed by atoms with E-state index in [1.165, 1.54) is 30.2 Å². The lowest BCUT2D eigenvalue weighted by Crippen LogP contribution is -2.21. The highest BCUT2D eigenvalue weighted by Crippen LogP contribution is 2.35. The van der Waals surface area contributed by atoms with Crippen LogP contribution in [0.3, 0.4) is 0 Å². The summed E-state index contributed by atoms with van der Waals surface area (Å²) in [6.45, 7) is 2.61. The summed E-state index contributed by atoms with van der Waals surface area (Å²) in [6.07, 6.45) is -4.02. The summed E-state index contributed by atoms with van der Waals surface area (Å²) < 4.78 is 63.5. The summed E-state index contributed by atoms with van der Waals surface area (Å²) in [6, 6.07) is 10.1. The van der Waals surface area contributed by atoms with Crippen LogP contribution in [0, 0.1) is 5.82 Å². The lowest BCUT2D eigenvalue weighted by atomic mass is 10.1. The first-order valence-electron chi connectivity index (χ1n) is 10.6. The van der Waals surface area contributed by atoms with Crippen molar-refractivity contribution in [2.45, 2.75) is 32.5 Å². The smallest absolute Gasteiger partial charge is 0.398 e. The quantitative estimate of drug-likeness (QED) is 0.251. The van der Waals surface area contributed by atoms with Crippen LogP contribution in [0.2, 0.25) is 0 Å². The first-order valence-corrected chi connectivity index (χ1v) is 10.6. The normalized spacial score (nSPS) is 12.2. The molecule has 0 spiro atoms. The van der Waals surface area contributed by atoms with Crippen molar-refractivity contribution < 1.29 is 36.6 Å². The van der Waals surface area contributed by atoms with Crippen LogP contribution in [0.5, 0.6) is 5.75 Å². The van der Waals surface area contributed by atoms with Gasteiger partial charge in [-0.3, -0.25) is 4.79 Å². The van der Waals surface area contributed by atoms with E-state index >= 15 is 0 Å². The van der Waals surface area contributed by atoms with Gasteiger partial charge in [0.2, 0.25) is 6.41 Å². The van der Waals surface area contributed by atoms with E-state index in [-0.39, 0.29) is 30.2 Å². The Bertz CT molecular complexity index is 1190. The fraction of sp³-hybridized carbons (Fsp3) is 0.292. The summed E-state index contributed by atoms with van der Waals surface area (Å²) in [7, 11) is 1.40. The Labute approximate surface area is 198 Å². The molecule has 7 nitrogen and oxygen atoms in total. The number of nitrogens with one attached hydrogen (secondary N) is 1. The maximum Gasteiger partial charge on any atom is 0.398 e. The largest absolute Gasteiger partial charge is 0.495 e. The first kappa shape index (κ1) is 25.7. The highest BCUT2D eigenvalue weighted by atomic mass is 19.4. The molecule has 0 saturated carbocycles. The number of hydrogen-bond donors (Lipinski definition) is 1. The minimum absolute atomic E-state index is 0.0140. The van der Waals surface area contributed by atoms with Crippen molar-refractivity contribution in [1.29, 1.82) is 0 Å². The third-order valence-corrected chi connectivity index (χ3v) is 5.26. The van der Waals surface area contributed by atoms with Gasteiger partial charge in [0.05, 0.1) is 25.9 Å². The second kappa shape index (κ2) is 10.6. The van der Waals surface area contributed by atoms with E-state index in [0.29, 0.717) is 23.3 Å². The van der Waals surface area contributed by atoms with Gasteiger partial charge < -0.3 is 19.4 Å². The Morgan fingerprint density at radius 2 is 1.89 bits per heavy atom. The number of ether oxygens (including phenoxy) is 2. The molecule has 0 radical (unpaired) electrons. The van der Waals surface area contributed by atoms with Gasteiger partial charge >= 0.3 is 12.1 Å². The van der Waals surface area contributed by atoms with Gasteiger partial charge in [-0.15, -0.1) is 0 Å². The summed E-state index contributed by atoms with van der Waals surface area (Å²) in [5.41, 5.74) is 1.05. The van der Waals surface area contributed by atoms with Crippen molar-refractivity contribution in [2.24, 2.45) is 0 Å². The molecule has 0 saturated heterocycles. The lowest BCUT2D eigenvalue weighted by molar-refractivity contribution is -0.147. The van der Waals surface area contributed by atoms with Gasteiger partial charge in [-0.2, -0.15) is 13.2 Å². The number of nitrogens with zero attached hydrogens (tertiary/aromatic N) is 2. The number of carbonyl (C=O) groups is 2. The van der Waals surface area contributed by atoms with E-state index in [2.05, 4.69) is 9.97 Å². The van der Waals surface area contributed by atoms with E-state index in [4.69, 9.17) is 9.47 Å². The van der Waals surface area contributed by atoms with Crippen LogP contribution in [-0.2, 0) is 16.1 Å². The number of alkyl halides is 3. The molecule has 3 aromatic rings. The molecular formula is C24H23F4N3O4. The van der Waals surface area contributed by atoms with Crippen molar-refractivity contribution >= 4 is 18.1 Å². The maximum atomic E-state index is 13.7. The number of H-pyrrole nitrogens is 1. The van der Waals surface area contributed by atoms with Crippen LogP contribution in [0.15, 0.2) is 42.5 Å². The summed E-state index contributed by atoms with van der Waals surface area (Å²) in [4.78, 5) is 31.8. The second-order valence-corrected chi connectivity index (χ2v) is 7.58. The molecule has 11 heteroatoms. The van der Waals surface area contributed by atoms with Crippen molar-refractivity contribution in [3.63, 3.8) is 0 Å². The molecule has 0 bridgehead atoms. The number of carbonyl (C=O) groups excluding carboxylic acids is 2. The molecule has 1 amide bonds. The van der Waals surface area contributed by atoms with Crippen LogP contribution in [0.4, 0.5) is 23.2 Å². The van der Waals surface area contributed by atoms with Crippen LogP contribution < -0.4 is 9.64 Å². The minimum Gasteiger partial charge on any atom is -0.495 e. The second-order valence-electron chi connectivity index (χ2n) is 7.58. The molecule has 3 rings (SSSR count). The fourth-order valence-electron chi connectivity index (χ4n) is 3.34. The zero-order valence-electron chi connectivity index (χ0n) is 19.1. The molecule has 0 aliphatic carbocycles. The van der Waals surface area contributed by atoms with E-state index in [1.807, 2.05) is 0 Å². The Balaban J connectivity index is 1.93. The molecule has 0 aliphatic heterocycles. The zero-order valence-corrected chi connectivity index (χ0v) is 19.1. The van der Waals surface area contributed by atoms with Crippen molar-refractivity contribution in [1.82, 2.24) is 9.97 Å². The number of hydrogen-bond acceptors (Lipinski definition) is 5. The molecule has 1 N–H and O–H groups in total. The number of methoxy groups -OCH3 is 1. The van der Waals surface area contributed by atoms with E-state index in [9.17, 15) is 27.2 Å². The van der Waals surface area contributed by atoms with E-state index < -0.39 is 29.7 Å². The van der Waals surface area contributed by atoms with Gasteiger partial charge in [0, 0.05) is 11.6 Å². The highest BCUT2D eigenvalue weighted by molar-refractivity contribution is 5.94. The average Bonchev–Trinajstić information content (AvgIpc) is 3.27. The number of aromatic nitrogens is 2. The van der Waals surface area contributed by atoms with Crippen LogP contribution in [0.1, 0.15) is 41.6 Å². The number of halogens is 4. The number of imidazole rings is 1. The lowest BCUT2D eigenvalue weighted by Gasteiger charge is -2.20. The molecule has 2 aromatic carbocycles. The molecule has 1 atom stereocenters. The highest BCUT2D eigenvalue weighted by Gasteiger charge is 2.40. The van der Waals surface area contributed by atoms with Crippen molar-refractivity contribution in [2.75, 3.05) is 18.6 Å². The minimum atomic E-state index is -4.55. The summed E-state index contributed by atoms with van der Waals surface area (Å²) >= 11 is 0. The number of benzene rings is 2. The Morgan fingerprint density at radius 3 is 2.46 bits per heavy atom. The van der Waals surface area contributed by atoms with E-state index in [0.717, 1.165) is 6.92 Å². The average molecular weight is 493 g/mol. The van der Waals surface area contributed by atoms with Gasteiger partial charge in [-0.1, -0.05) is 24.3 Å². The number of anilines is 1. The Kier molecular flexibility index (Phi) is 7.78. The zero-order chi connectivity index (χ0) is 25.8. The van der Waals surface area contributed by atoms with Crippen molar-refractivity contribution in [3.8, 4) is 17.0 Å². The monoisotopic (exact) mass is 493 g/mol. The van der Waals surface area contributed by atoms with Gasteiger partial charge in [-0.25, -0.2) is 14.2 Å². The van der Waals surface area contributed by atoms with Crippen LogP contribution in [0.25, 0.3) is 11.3 Å². The van der Waals surface area contributed by atoms with Crippen LogP contribution in [-0.4, -0.2) is 42.2 Å². The fourth-order valence-corrected chi connectivity index (χ4v) is 3.34. The molecule has 1 heterocycles. The summed E-state index contributed by atoms with van der Waals surface area (Å²) in [5.74, 6) is -3.41. The third kappa shape index (κ3) is 5.79. The summed E-state index contributed by atoms with van der Waals surface area (Å²) in [5, 5.41) is 0. The van der Waals surface area contributed by atoms with Crippen LogP contribution >= 0.6 is 0 Å². The first-order chi connectivity index (χ1) is 16.6. The molecule has 186 valence electrons. The molecule has 1 unspecified atom stereocenters. The number of aromatic amines is 1. The van der Waals surface area contributed by atoms with Gasteiger partial charge in [0.25, 0.3) is 0 Å². The predicted molar refractivity (Wildman–Crippen MR) is 120 cm³/mol.